The molecule has 234 valence electrons. The van der Waals surface area contributed by atoms with Crippen LogP contribution in [0.4, 0.5) is 11.8 Å². The van der Waals surface area contributed by atoms with Gasteiger partial charge in [-0.2, -0.15) is 4.98 Å². The fourth-order valence-electron chi connectivity index (χ4n) is 5.90. The summed E-state index contributed by atoms with van der Waals surface area (Å²) < 4.78 is 24.6. The predicted molar refractivity (Wildman–Crippen MR) is 172 cm³/mol. The molecule has 11 nitrogen and oxygen atoms in total. The molecule has 1 aliphatic carbocycles. The van der Waals surface area contributed by atoms with Crippen molar-refractivity contribution in [1.82, 2.24) is 14.5 Å². The van der Waals surface area contributed by atoms with E-state index in [1.165, 1.54) is 0 Å². The van der Waals surface area contributed by atoms with Crippen LogP contribution in [-0.4, -0.2) is 48.4 Å². The Morgan fingerprint density at radius 3 is 2.24 bits per heavy atom. The van der Waals surface area contributed by atoms with Crippen LogP contribution in [0.2, 0.25) is 0 Å². The van der Waals surface area contributed by atoms with Gasteiger partial charge in [0, 0.05) is 36.0 Å². The fourth-order valence-corrected chi connectivity index (χ4v) is 5.90. The summed E-state index contributed by atoms with van der Waals surface area (Å²) >= 11 is 0. The number of rotatable bonds is 8. The Hall–Kier alpha value is -5.24. The first kappa shape index (κ1) is 31.2. The summed E-state index contributed by atoms with van der Waals surface area (Å²) in [5.41, 5.74) is 14.6. The van der Waals surface area contributed by atoms with Crippen LogP contribution in [0.15, 0.2) is 41.5 Å². The molecule has 2 aromatic heterocycles. The number of carbonyl (C=O) groups is 1. The topological polar surface area (TPSA) is 154 Å². The summed E-state index contributed by atoms with van der Waals surface area (Å²) in [4.78, 5) is 34.4. The number of aromatic nitrogens is 3. The molecule has 0 atom stereocenters. The number of fused-ring (bicyclic) bond motifs is 1. The van der Waals surface area contributed by atoms with Crippen LogP contribution in [0.3, 0.4) is 0 Å². The van der Waals surface area contributed by atoms with E-state index in [0.29, 0.717) is 51.3 Å². The zero-order chi connectivity index (χ0) is 32.1. The average molecular weight is 612 g/mol. The smallest absolute Gasteiger partial charge is 0.343 e. The normalized spacial score (nSPS) is 13.2. The molecule has 0 unspecified atom stereocenters. The van der Waals surface area contributed by atoms with E-state index in [1.807, 2.05) is 16.7 Å². The van der Waals surface area contributed by atoms with Gasteiger partial charge >= 0.3 is 5.97 Å². The van der Waals surface area contributed by atoms with E-state index in [0.717, 1.165) is 37.7 Å². The zero-order valence-electron chi connectivity index (χ0n) is 25.9. The maximum Gasteiger partial charge on any atom is 0.343 e. The quantitative estimate of drug-likeness (QED) is 0.212. The largest absolute Gasteiger partial charge is 0.493 e. The number of methoxy groups -OCH3 is 3. The molecule has 11 heteroatoms. The van der Waals surface area contributed by atoms with Crippen molar-refractivity contribution < 1.29 is 23.7 Å². The molecule has 45 heavy (non-hydrogen) atoms. The first-order valence-electron chi connectivity index (χ1n) is 14.9. The third kappa shape index (κ3) is 6.22. The minimum absolute atomic E-state index is 0.0139. The van der Waals surface area contributed by atoms with E-state index in [4.69, 9.17) is 30.4 Å². The highest BCUT2D eigenvalue weighted by atomic mass is 16.5. The van der Waals surface area contributed by atoms with Crippen LogP contribution in [0.25, 0.3) is 10.9 Å². The minimum Gasteiger partial charge on any atom is -0.493 e. The van der Waals surface area contributed by atoms with E-state index in [1.54, 1.807) is 52.8 Å². The Labute approximate surface area is 261 Å². The van der Waals surface area contributed by atoms with Crippen LogP contribution < -0.4 is 31.1 Å². The first-order chi connectivity index (χ1) is 21.8. The SMILES string of the molecule is CCOC(=O)c1cn(C2CCCCC2)c2c(OC)c(C#Cc3ccc(Cc4cnc(N)nc4N)c(OC)c3OC)ccc2c1=O. The minimum atomic E-state index is -0.632. The molecule has 2 heterocycles. The molecule has 0 radical (unpaired) electrons. The van der Waals surface area contributed by atoms with Gasteiger partial charge in [-0.1, -0.05) is 37.2 Å². The monoisotopic (exact) mass is 611 g/mol. The molecule has 1 fully saturated rings. The van der Waals surface area contributed by atoms with Crippen LogP contribution in [0.5, 0.6) is 17.2 Å². The number of pyridine rings is 1. The number of ether oxygens (including phenoxy) is 4. The number of esters is 1. The number of carbonyl (C=O) groups excluding carboxylic acids is 1. The predicted octanol–water partition coefficient (Wildman–Crippen LogP) is 4.65. The summed E-state index contributed by atoms with van der Waals surface area (Å²) in [6.45, 7) is 1.89. The van der Waals surface area contributed by atoms with Gasteiger partial charge in [-0.15, -0.1) is 0 Å². The molecule has 4 aromatic rings. The third-order valence-electron chi connectivity index (χ3n) is 8.05. The second-order valence-corrected chi connectivity index (χ2v) is 10.7. The molecule has 0 saturated heterocycles. The van der Waals surface area contributed by atoms with Gasteiger partial charge in [-0.05, 0) is 38.0 Å². The van der Waals surface area contributed by atoms with E-state index < -0.39 is 11.4 Å². The molecule has 0 bridgehead atoms. The Morgan fingerprint density at radius 1 is 0.933 bits per heavy atom. The van der Waals surface area contributed by atoms with Crippen LogP contribution in [-0.2, 0) is 11.2 Å². The molecular formula is C34H37N5O6. The first-order valence-corrected chi connectivity index (χ1v) is 14.9. The highest BCUT2D eigenvalue weighted by molar-refractivity contribution is 5.96. The van der Waals surface area contributed by atoms with Gasteiger partial charge in [0.1, 0.15) is 11.4 Å². The molecule has 4 N–H and O–H groups in total. The Balaban J connectivity index is 1.62. The van der Waals surface area contributed by atoms with Gasteiger partial charge in [0.05, 0.1) is 50.0 Å². The number of hydrogen-bond donors (Lipinski definition) is 2. The van der Waals surface area contributed by atoms with Crippen molar-refractivity contribution in [3.05, 3.63) is 74.7 Å². The highest BCUT2D eigenvalue weighted by Gasteiger charge is 2.25. The summed E-state index contributed by atoms with van der Waals surface area (Å²) in [5, 5.41) is 0.378. The standard InChI is InChI=1S/C34H37N5O6/c1-5-45-33(41)26-19-39(24-9-7-6-8-10-24)27-25(28(26)40)16-15-20(29(27)42-2)11-12-21-13-14-22(31(44-4)30(21)43-3)17-23-18-37-34(36)38-32(23)35/h13-16,18-19,24H,5-10,17H2,1-4H3,(H4,35,36,37,38). The molecule has 5 rings (SSSR count). The lowest BCUT2D eigenvalue weighted by molar-refractivity contribution is 0.0524. The van der Waals surface area contributed by atoms with E-state index >= 15 is 0 Å². The summed E-state index contributed by atoms with van der Waals surface area (Å²) in [6.07, 6.45) is 8.74. The van der Waals surface area contributed by atoms with Gasteiger partial charge in [-0.25, -0.2) is 9.78 Å². The number of nitrogen functional groups attached to an aromatic ring is 2. The molecule has 0 spiro atoms. The maximum absolute atomic E-state index is 13.5. The fraction of sp³-hybridized carbons (Fsp3) is 0.353. The summed E-state index contributed by atoms with van der Waals surface area (Å²) in [7, 11) is 4.66. The summed E-state index contributed by atoms with van der Waals surface area (Å²) in [5.74, 6) is 7.60. The number of benzene rings is 2. The Bertz CT molecular complexity index is 1870. The van der Waals surface area contributed by atoms with Crippen molar-refractivity contribution >= 4 is 28.6 Å². The third-order valence-corrected chi connectivity index (χ3v) is 8.05. The zero-order valence-corrected chi connectivity index (χ0v) is 25.9. The average Bonchev–Trinajstić information content (AvgIpc) is 3.05. The Kier molecular flexibility index (Phi) is 9.42. The highest BCUT2D eigenvalue weighted by Crippen LogP contribution is 2.38. The van der Waals surface area contributed by atoms with Crippen molar-refractivity contribution in [1.29, 1.82) is 0 Å². The summed E-state index contributed by atoms with van der Waals surface area (Å²) in [6, 6.07) is 7.26. The van der Waals surface area contributed by atoms with Crippen LogP contribution in [0, 0.1) is 11.8 Å². The number of hydrogen-bond acceptors (Lipinski definition) is 10. The molecule has 2 aromatic carbocycles. The van der Waals surface area contributed by atoms with Gasteiger partial charge in [-0.3, -0.25) is 4.79 Å². The van der Waals surface area contributed by atoms with Crippen molar-refractivity contribution in [3.63, 3.8) is 0 Å². The maximum atomic E-state index is 13.5. The molecule has 1 saturated carbocycles. The van der Waals surface area contributed by atoms with Gasteiger partial charge in [0.2, 0.25) is 11.4 Å². The van der Waals surface area contributed by atoms with Crippen molar-refractivity contribution in [2.45, 2.75) is 51.5 Å². The van der Waals surface area contributed by atoms with Gasteiger partial charge in [0.15, 0.2) is 17.2 Å². The number of nitrogens with zero attached hydrogens (tertiary/aromatic N) is 3. The van der Waals surface area contributed by atoms with Crippen molar-refractivity contribution in [2.75, 3.05) is 39.4 Å². The van der Waals surface area contributed by atoms with Crippen molar-refractivity contribution in [3.8, 4) is 29.1 Å². The Morgan fingerprint density at radius 2 is 1.60 bits per heavy atom. The van der Waals surface area contributed by atoms with Crippen LogP contribution >= 0.6 is 0 Å². The lowest BCUT2D eigenvalue weighted by Gasteiger charge is -2.27. The van der Waals surface area contributed by atoms with Gasteiger partial charge < -0.3 is 35.0 Å². The van der Waals surface area contributed by atoms with Crippen LogP contribution in [0.1, 0.15) is 77.7 Å². The lowest BCUT2D eigenvalue weighted by atomic mass is 9.94. The number of anilines is 2. The number of nitrogens with two attached hydrogens (primary N) is 2. The van der Waals surface area contributed by atoms with E-state index in [2.05, 4.69) is 21.8 Å². The second-order valence-electron chi connectivity index (χ2n) is 10.7. The van der Waals surface area contributed by atoms with E-state index in [9.17, 15) is 9.59 Å². The molecule has 0 aliphatic heterocycles. The second kappa shape index (κ2) is 13.6. The van der Waals surface area contributed by atoms with E-state index in [-0.39, 0.29) is 30.0 Å². The molecule has 0 amide bonds. The van der Waals surface area contributed by atoms with Gasteiger partial charge in [0.25, 0.3) is 0 Å². The lowest BCUT2D eigenvalue weighted by Crippen LogP contribution is -2.24. The van der Waals surface area contributed by atoms with Crippen molar-refractivity contribution in [2.24, 2.45) is 0 Å². The molecular weight excluding hydrogens is 574 g/mol. The molecule has 1 aliphatic rings.